The molecule has 0 aliphatic rings. The van der Waals surface area contributed by atoms with Gasteiger partial charge in [-0.25, -0.2) is 0 Å². The summed E-state index contributed by atoms with van der Waals surface area (Å²) in [5.41, 5.74) is 0.926. The van der Waals surface area contributed by atoms with Crippen LogP contribution < -0.4 is 9.47 Å². The Morgan fingerprint density at radius 1 is 1.12 bits per heavy atom. The maximum atomic E-state index is 9.05. The molecule has 0 saturated heterocycles. The largest absolute Gasteiger partial charge is 0.497 e. The zero-order valence-electron chi connectivity index (χ0n) is 9.64. The van der Waals surface area contributed by atoms with Crippen LogP contribution in [0.4, 0.5) is 0 Å². The second-order valence-corrected chi connectivity index (χ2v) is 3.61. The van der Waals surface area contributed by atoms with Crippen molar-refractivity contribution in [1.29, 1.82) is 0 Å². The molecule has 0 bridgehead atoms. The van der Waals surface area contributed by atoms with E-state index in [1.165, 1.54) is 0 Å². The minimum absolute atomic E-state index is 0.0448. The maximum Gasteiger partial charge on any atom is 0.122 e. The molecular formula is C12H18O4. The molecule has 1 rings (SSSR count). The highest BCUT2D eigenvalue weighted by Gasteiger charge is 2.12. The lowest BCUT2D eigenvalue weighted by molar-refractivity contribution is 0.149. The number of ether oxygens (including phenoxy) is 2. The Labute approximate surface area is 95.4 Å². The first-order chi connectivity index (χ1) is 7.74. The second-order valence-electron chi connectivity index (χ2n) is 3.61. The number of benzene rings is 1. The molecule has 0 aliphatic carbocycles. The summed E-state index contributed by atoms with van der Waals surface area (Å²) >= 11 is 0. The van der Waals surface area contributed by atoms with E-state index < -0.39 is 0 Å². The Balaban J connectivity index is 2.90. The van der Waals surface area contributed by atoms with Gasteiger partial charge in [-0.2, -0.15) is 0 Å². The average molecular weight is 226 g/mol. The van der Waals surface area contributed by atoms with Crippen LogP contribution in [0.2, 0.25) is 0 Å². The topological polar surface area (TPSA) is 58.9 Å². The van der Waals surface area contributed by atoms with Crippen molar-refractivity contribution in [2.24, 2.45) is 5.92 Å². The third-order valence-electron chi connectivity index (χ3n) is 2.51. The Bertz CT molecular complexity index is 321. The van der Waals surface area contributed by atoms with E-state index in [0.717, 1.165) is 17.1 Å². The smallest absolute Gasteiger partial charge is 0.122 e. The fourth-order valence-corrected chi connectivity index (χ4v) is 1.54. The highest BCUT2D eigenvalue weighted by Crippen LogP contribution is 2.26. The van der Waals surface area contributed by atoms with E-state index in [1.54, 1.807) is 14.2 Å². The summed E-state index contributed by atoms with van der Waals surface area (Å²) in [6, 6.07) is 5.49. The number of aliphatic hydroxyl groups is 2. The Kier molecular flexibility index (Phi) is 5.08. The van der Waals surface area contributed by atoms with Gasteiger partial charge in [-0.1, -0.05) is 0 Å². The van der Waals surface area contributed by atoms with Gasteiger partial charge in [0.1, 0.15) is 11.5 Å². The molecule has 1 aromatic carbocycles. The first-order valence-electron chi connectivity index (χ1n) is 5.17. The Morgan fingerprint density at radius 3 is 2.31 bits per heavy atom. The molecule has 0 spiro atoms. The van der Waals surface area contributed by atoms with Gasteiger partial charge in [0.2, 0.25) is 0 Å². The van der Waals surface area contributed by atoms with E-state index in [-0.39, 0.29) is 19.1 Å². The molecule has 0 amide bonds. The first-order valence-corrected chi connectivity index (χ1v) is 5.17. The van der Waals surface area contributed by atoms with Crippen molar-refractivity contribution < 1.29 is 19.7 Å². The highest BCUT2D eigenvalue weighted by molar-refractivity contribution is 5.40. The van der Waals surface area contributed by atoms with Gasteiger partial charge in [-0.3, -0.25) is 0 Å². The maximum absolute atomic E-state index is 9.05. The van der Waals surface area contributed by atoms with Crippen molar-refractivity contribution in [2.75, 3.05) is 27.4 Å². The van der Waals surface area contributed by atoms with Gasteiger partial charge < -0.3 is 19.7 Å². The SMILES string of the molecule is COc1ccc(OC)c(CC(CO)CO)c1. The fraction of sp³-hybridized carbons (Fsp3) is 0.500. The molecule has 4 heteroatoms. The molecular weight excluding hydrogens is 208 g/mol. The molecule has 0 unspecified atom stereocenters. The van der Waals surface area contributed by atoms with Gasteiger partial charge in [0.05, 0.1) is 14.2 Å². The molecule has 0 radical (unpaired) electrons. The normalized spacial score (nSPS) is 10.6. The van der Waals surface area contributed by atoms with Crippen LogP contribution in [0.5, 0.6) is 11.5 Å². The standard InChI is InChI=1S/C12H18O4/c1-15-11-3-4-12(16-2)10(6-11)5-9(7-13)8-14/h3-4,6,9,13-14H,5,7-8H2,1-2H3. The van der Waals surface area contributed by atoms with Gasteiger partial charge in [-0.05, 0) is 30.2 Å². The number of methoxy groups -OCH3 is 2. The van der Waals surface area contributed by atoms with Crippen LogP contribution >= 0.6 is 0 Å². The van der Waals surface area contributed by atoms with E-state index in [9.17, 15) is 0 Å². The molecule has 0 atom stereocenters. The van der Waals surface area contributed by atoms with Gasteiger partial charge in [0.15, 0.2) is 0 Å². The van der Waals surface area contributed by atoms with E-state index in [2.05, 4.69) is 0 Å². The van der Waals surface area contributed by atoms with Gasteiger partial charge in [0, 0.05) is 19.1 Å². The van der Waals surface area contributed by atoms with Crippen LogP contribution in [-0.2, 0) is 6.42 Å². The monoisotopic (exact) mass is 226 g/mol. The minimum Gasteiger partial charge on any atom is -0.497 e. The quantitative estimate of drug-likeness (QED) is 0.755. The Hall–Kier alpha value is -1.26. The fourth-order valence-electron chi connectivity index (χ4n) is 1.54. The van der Waals surface area contributed by atoms with Crippen molar-refractivity contribution in [3.05, 3.63) is 23.8 Å². The summed E-state index contributed by atoms with van der Waals surface area (Å²) < 4.78 is 10.3. The molecule has 0 heterocycles. The van der Waals surface area contributed by atoms with Gasteiger partial charge in [0.25, 0.3) is 0 Å². The summed E-state index contributed by atoms with van der Waals surface area (Å²) in [6.45, 7) is -0.0896. The van der Waals surface area contributed by atoms with E-state index in [4.69, 9.17) is 19.7 Å². The average Bonchev–Trinajstić information content (AvgIpc) is 2.35. The predicted octanol–water partition coefficient (Wildman–Crippen LogP) is 0.847. The number of aliphatic hydroxyl groups excluding tert-OH is 2. The van der Waals surface area contributed by atoms with Crippen LogP contribution in [0.25, 0.3) is 0 Å². The first kappa shape index (κ1) is 12.8. The summed E-state index contributed by atoms with van der Waals surface area (Å²) in [4.78, 5) is 0. The Morgan fingerprint density at radius 2 is 1.81 bits per heavy atom. The molecule has 2 N–H and O–H groups in total. The minimum atomic E-state index is -0.166. The molecule has 0 aliphatic heterocycles. The summed E-state index contributed by atoms with van der Waals surface area (Å²) in [7, 11) is 3.19. The van der Waals surface area contributed by atoms with Crippen molar-refractivity contribution in [3.8, 4) is 11.5 Å². The predicted molar refractivity (Wildman–Crippen MR) is 60.9 cm³/mol. The van der Waals surface area contributed by atoms with Crippen molar-refractivity contribution in [2.45, 2.75) is 6.42 Å². The van der Waals surface area contributed by atoms with Gasteiger partial charge in [-0.15, -0.1) is 0 Å². The van der Waals surface area contributed by atoms with Crippen LogP contribution in [0, 0.1) is 5.92 Å². The number of hydrogen-bond acceptors (Lipinski definition) is 4. The third kappa shape index (κ3) is 3.12. The van der Waals surface area contributed by atoms with E-state index in [0.29, 0.717) is 6.42 Å². The molecule has 0 fully saturated rings. The summed E-state index contributed by atoms with van der Waals surface area (Å²) in [6.07, 6.45) is 0.563. The van der Waals surface area contributed by atoms with E-state index >= 15 is 0 Å². The number of rotatable bonds is 6. The summed E-state index contributed by atoms with van der Waals surface area (Å²) in [5.74, 6) is 1.32. The van der Waals surface area contributed by atoms with Crippen molar-refractivity contribution in [3.63, 3.8) is 0 Å². The molecule has 16 heavy (non-hydrogen) atoms. The molecule has 0 saturated carbocycles. The van der Waals surface area contributed by atoms with Crippen molar-refractivity contribution in [1.82, 2.24) is 0 Å². The number of hydrogen-bond donors (Lipinski definition) is 2. The van der Waals surface area contributed by atoms with Crippen LogP contribution in [0.3, 0.4) is 0 Å². The van der Waals surface area contributed by atoms with Crippen LogP contribution in [0.15, 0.2) is 18.2 Å². The lowest BCUT2D eigenvalue weighted by atomic mass is 10.00. The molecule has 4 nitrogen and oxygen atoms in total. The van der Waals surface area contributed by atoms with Crippen LogP contribution in [0.1, 0.15) is 5.56 Å². The van der Waals surface area contributed by atoms with E-state index in [1.807, 2.05) is 18.2 Å². The lowest BCUT2D eigenvalue weighted by Crippen LogP contribution is -2.14. The molecule has 1 aromatic rings. The zero-order valence-corrected chi connectivity index (χ0v) is 9.64. The third-order valence-corrected chi connectivity index (χ3v) is 2.51. The van der Waals surface area contributed by atoms with Gasteiger partial charge >= 0.3 is 0 Å². The highest BCUT2D eigenvalue weighted by atomic mass is 16.5. The molecule has 0 aromatic heterocycles. The zero-order chi connectivity index (χ0) is 12.0. The molecule has 90 valence electrons. The van der Waals surface area contributed by atoms with Crippen molar-refractivity contribution >= 4 is 0 Å². The second kappa shape index (κ2) is 6.35. The van der Waals surface area contributed by atoms with Crippen LogP contribution in [-0.4, -0.2) is 37.6 Å². The summed E-state index contributed by atoms with van der Waals surface area (Å²) in [5, 5.41) is 18.1. The lowest BCUT2D eigenvalue weighted by Gasteiger charge is -2.14.